The summed E-state index contributed by atoms with van der Waals surface area (Å²) in [7, 11) is -3.71. The lowest BCUT2D eigenvalue weighted by Gasteiger charge is -2.16. The van der Waals surface area contributed by atoms with E-state index in [1.54, 1.807) is 56.3 Å². The first-order valence-electron chi connectivity index (χ1n) is 8.99. The molecule has 0 aromatic heterocycles. The molecule has 2 N–H and O–H groups in total. The minimum absolute atomic E-state index is 0.0880. The van der Waals surface area contributed by atoms with Crippen LogP contribution in [0.4, 0.5) is 5.69 Å². The molecule has 0 unspecified atom stereocenters. The van der Waals surface area contributed by atoms with Gasteiger partial charge in [-0.05, 0) is 30.2 Å². The number of aliphatic imine (C=N–C) groups is 1. The molecular formula is C20H21N3O5S. The third-order valence-electron chi connectivity index (χ3n) is 4.21. The molecule has 0 bridgehead atoms. The maximum absolute atomic E-state index is 12.5. The summed E-state index contributed by atoms with van der Waals surface area (Å²) in [5.74, 6) is -1.37. The summed E-state index contributed by atoms with van der Waals surface area (Å²) in [6.45, 7) is 3.05. The zero-order chi connectivity index (χ0) is 21.0. The Labute approximate surface area is 169 Å². The second-order valence-corrected chi connectivity index (χ2v) is 8.44. The first kappa shape index (κ1) is 20.5. The number of hydrogen-bond donors (Lipinski definition) is 2. The van der Waals surface area contributed by atoms with E-state index in [0.717, 1.165) is 0 Å². The van der Waals surface area contributed by atoms with Gasteiger partial charge in [-0.2, -0.15) is 0 Å². The molecule has 0 radical (unpaired) electrons. The molecule has 3 rings (SSSR count). The van der Waals surface area contributed by atoms with Crippen LogP contribution in [0, 0.1) is 5.92 Å². The fraction of sp³-hybridized carbons (Fsp3) is 0.250. The number of sulfonamides is 1. The molecule has 1 aliphatic rings. The molecule has 29 heavy (non-hydrogen) atoms. The molecule has 1 atom stereocenters. The number of carbonyl (C=O) groups is 2. The zero-order valence-electron chi connectivity index (χ0n) is 16.0. The second kappa shape index (κ2) is 8.44. The zero-order valence-corrected chi connectivity index (χ0v) is 16.8. The minimum atomic E-state index is -3.71. The first-order chi connectivity index (χ1) is 13.8. The highest BCUT2D eigenvalue weighted by atomic mass is 32.2. The Hall–Kier alpha value is -3.20. The van der Waals surface area contributed by atoms with Gasteiger partial charge in [0.2, 0.25) is 0 Å². The van der Waals surface area contributed by atoms with E-state index in [9.17, 15) is 18.0 Å². The number of esters is 1. The number of amidine groups is 1. The molecule has 0 fully saturated rings. The van der Waals surface area contributed by atoms with Crippen molar-refractivity contribution in [2.45, 2.75) is 24.8 Å². The summed E-state index contributed by atoms with van der Waals surface area (Å²) in [6.07, 6.45) is 0. The van der Waals surface area contributed by atoms with E-state index >= 15 is 0 Å². The van der Waals surface area contributed by atoms with Crippen molar-refractivity contribution >= 4 is 33.4 Å². The molecule has 0 spiro atoms. The van der Waals surface area contributed by atoms with Crippen LogP contribution in [0.3, 0.4) is 0 Å². The summed E-state index contributed by atoms with van der Waals surface area (Å²) in [5, 5.41) is 2.62. The van der Waals surface area contributed by atoms with Crippen LogP contribution >= 0.6 is 0 Å². The lowest BCUT2D eigenvalue weighted by molar-refractivity contribution is -0.149. The molecule has 2 aromatic rings. The van der Waals surface area contributed by atoms with Crippen LogP contribution < -0.4 is 10.0 Å². The van der Waals surface area contributed by atoms with Crippen LogP contribution in [0.2, 0.25) is 0 Å². The van der Waals surface area contributed by atoms with Crippen LogP contribution in [-0.2, 0) is 24.3 Å². The summed E-state index contributed by atoms with van der Waals surface area (Å²) >= 11 is 0. The monoisotopic (exact) mass is 415 g/mol. The molecule has 0 saturated carbocycles. The number of nitrogens with zero attached hydrogens (tertiary/aromatic N) is 1. The SMILES string of the molecule is CC(C)[C@H](N=C1NS(=O)(=O)c2ccccc21)C(=O)OCC(=O)Nc1ccccc1. The Bertz CT molecular complexity index is 1050. The predicted octanol–water partition coefficient (Wildman–Crippen LogP) is 1.93. The number of nitrogens with one attached hydrogen (secondary N) is 2. The number of benzene rings is 2. The molecule has 0 aliphatic carbocycles. The van der Waals surface area contributed by atoms with Gasteiger partial charge in [0.25, 0.3) is 15.9 Å². The number of anilines is 1. The normalized spacial score (nSPS) is 16.7. The number of fused-ring (bicyclic) bond motifs is 1. The van der Waals surface area contributed by atoms with Gasteiger partial charge in [-0.3, -0.25) is 14.5 Å². The van der Waals surface area contributed by atoms with Crippen molar-refractivity contribution < 1.29 is 22.7 Å². The molecule has 9 heteroatoms. The van der Waals surface area contributed by atoms with Crippen molar-refractivity contribution in [3.05, 3.63) is 60.2 Å². The fourth-order valence-electron chi connectivity index (χ4n) is 2.78. The van der Waals surface area contributed by atoms with Crippen molar-refractivity contribution in [2.24, 2.45) is 10.9 Å². The van der Waals surface area contributed by atoms with Gasteiger partial charge in [0.15, 0.2) is 12.6 Å². The third kappa shape index (κ3) is 4.80. The maximum atomic E-state index is 12.5. The summed E-state index contributed by atoms with van der Waals surface area (Å²) < 4.78 is 31.9. The second-order valence-electron chi connectivity index (χ2n) is 6.79. The average molecular weight is 415 g/mol. The Kier molecular flexibility index (Phi) is 5.97. The number of para-hydroxylation sites is 1. The third-order valence-corrected chi connectivity index (χ3v) is 5.60. The lowest BCUT2D eigenvalue weighted by Crippen LogP contribution is -2.33. The van der Waals surface area contributed by atoms with Gasteiger partial charge in [-0.25, -0.2) is 13.2 Å². The van der Waals surface area contributed by atoms with E-state index in [0.29, 0.717) is 11.3 Å². The Balaban J connectivity index is 1.71. The Morgan fingerprint density at radius 3 is 2.41 bits per heavy atom. The van der Waals surface area contributed by atoms with E-state index in [1.807, 2.05) is 6.07 Å². The van der Waals surface area contributed by atoms with Crippen molar-refractivity contribution in [3.63, 3.8) is 0 Å². The van der Waals surface area contributed by atoms with Crippen LogP contribution in [0.5, 0.6) is 0 Å². The topological polar surface area (TPSA) is 114 Å². The summed E-state index contributed by atoms with van der Waals surface area (Å²) in [4.78, 5) is 28.9. The predicted molar refractivity (Wildman–Crippen MR) is 108 cm³/mol. The highest BCUT2D eigenvalue weighted by molar-refractivity contribution is 7.90. The highest BCUT2D eigenvalue weighted by Crippen LogP contribution is 2.23. The first-order valence-corrected chi connectivity index (χ1v) is 10.5. The van der Waals surface area contributed by atoms with Crippen molar-refractivity contribution in [1.82, 2.24) is 4.72 Å². The van der Waals surface area contributed by atoms with Gasteiger partial charge in [0.1, 0.15) is 5.84 Å². The lowest BCUT2D eigenvalue weighted by atomic mass is 10.1. The molecule has 0 saturated heterocycles. The van der Waals surface area contributed by atoms with Gasteiger partial charge in [-0.15, -0.1) is 0 Å². The Morgan fingerprint density at radius 1 is 1.07 bits per heavy atom. The maximum Gasteiger partial charge on any atom is 0.331 e. The minimum Gasteiger partial charge on any atom is -0.454 e. The molecule has 1 aliphatic heterocycles. The van der Waals surface area contributed by atoms with Crippen molar-refractivity contribution in [2.75, 3.05) is 11.9 Å². The number of hydrogen-bond acceptors (Lipinski definition) is 6. The quantitative estimate of drug-likeness (QED) is 0.700. The van der Waals surface area contributed by atoms with Gasteiger partial charge >= 0.3 is 5.97 Å². The van der Waals surface area contributed by atoms with E-state index in [1.165, 1.54) is 6.07 Å². The average Bonchev–Trinajstić information content (AvgIpc) is 2.95. The summed E-state index contributed by atoms with van der Waals surface area (Å²) in [5.41, 5.74) is 0.985. The van der Waals surface area contributed by atoms with Gasteiger partial charge < -0.3 is 10.1 Å². The molecular weight excluding hydrogens is 394 g/mol. The van der Waals surface area contributed by atoms with E-state index in [-0.39, 0.29) is 16.6 Å². The van der Waals surface area contributed by atoms with Crippen LogP contribution in [0.1, 0.15) is 19.4 Å². The molecule has 152 valence electrons. The van der Waals surface area contributed by atoms with Gasteiger partial charge in [0, 0.05) is 11.3 Å². The van der Waals surface area contributed by atoms with Gasteiger partial charge in [-0.1, -0.05) is 44.2 Å². The number of carbonyl (C=O) groups excluding carboxylic acids is 2. The number of ether oxygens (including phenoxy) is 1. The smallest absolute Gasteiger partial charge is 0.331 e. The van der Waals surface area contributed by atoms with E-state index in [2.05, 4.69) is 15.0 Å². The largest absolute Gasteiger partial charge is 0.454 e. The Morgan fingerprint density at radius 2 is 1.72 bits per heavy atom. The number of rotatable bonds is 6. The molecule has 1 heterocycles. The van der Waals surface area contributed by atoms with Gasteiger partial charge in [0.05, 0.1) is 4.90 Å². The standard InChI is InChI=1S/C20H21N3O5S/c1-13(2)18(20(25)28-12-17(24)21-14-8-4-3-5-9-14)22-19-15-10-6-7-11-16(15)29(26,27)23-19/h3-11,13,18H,12H2,1-2H3,(H,21,24)(H,22,23)/t18-/m0/s1. The highest BCUT2D eigenvalue weighted by Gasteiger charge is 2.33. The fourth-order valence-corrected chi connectivity index (χ4v) is 4.02. The van der Waals surface area contributed by atoms with Crippen molar-refractivity contribution in [1.29, 1.82) is 0 Å². The number of amides is 1. The van der Waals surface area contributed by atoms with Crippen LogP contribution in [0.15, 0.2) is 64.5 Å². The molecule has 8 nitrogen and oxygen atoms in total. The van der Waals surface area contributed by atoms with Crippen molar-refractivity contribution in [3.8, 4) is 0 Å². The molecule has 2 aromatic carbocycles. The molecule has 1 amide bonds. The summed E-state index contributed by atoms with van der Waals surface area (Å²) in [6, 6.07) is 14.2. The van der Waals surface area contributed by atoms with E-state index in [4.69, 9.17) is 4.74 Å². The van der Waals surface area contributed by atoms with E-state index < -0.39 is 34.5 Å². The van der Waals surface area contributed by atoms with Crippen LogP contribution in [-0.4, -0.2) is 38.8 Å². The van der Waals surface area contributed by atoms with Crippen LogP contribution in [0.25, 0.3) is 0 Å².